The van der Waals surface area contributed by atoms with Crippen molar-refractivity contribution in [2.24, 2.45) is 0 Å². The summed E-state index contributed by atoms with van der Waals surface area (Å²) in [5.41, 5.74) is 0.793. The third kappa shape index (κ3) is 6.50. The van der Waals surface area contributed by atoms with Gasteiger partial charge in [-0.3, -0.25) is 5.41 Å². The maximum absolute atomic E-state index is 12.0. The van der Waals surface area contributed by atoms with Crippen molar-refractivity contribution in [2.75, 3.05) is 26.2 Å². The van der Waals surface area contributed by atoms with E-state index < -0.39 is 5.60 Å². The van der Waals surface area contributed by atoms with Gasteiger partial charge in [0.1, 0.15) is 5.60 Å². The molecular weight excluding hydrogens is 334 g/mol. The smallest absolute Gasteiger partial charge is 0.410 e. The van der Waals surface area contributed by atoms with E-state index in [1.54, 1.807) is 4.90 Å². The summed E-state index contributed by atoms with van der Waals surface area (Å²) in [4.78, 5) is 16.1. The molecule has 0 spiro atoms. The zero-order chi connectivity index (χ0) is 16.0. The first-order chi connectivity index (χ1) is 9.73. The van der Waals surface area contributed by atoms with Crippen molar-refractivity contribution in [2.45, 2.75) is 46.1 Å². The van der Waals surface area contributed by atoms with Gasteiger partial charge in [0.25, 0.3) is 0 Å². The lowest BCUT2D eigenvalue weighted by molar-refractivity contribution is 0.0167. The van der Waals surface area contributed by atoms with Gasteiger partial charge in [-0.25, -0.2) is 4.79 Å². The highest BCUT2D eigenvalue weighted by Crippen LogP contribution is 2.17. The van der Waals surface area contributed by atoms with Crippen molar-refractivity contribution in [3.63, 3.8) is 0 Å². The second-order valence-corrected chi connectivity index (χ2v) is 7.10. The molecule has 0 aliphatic carbocycles. The average Bonchev–Trinajstić information content (AvgIpc) is 2.37. The first-order valence-electron chi connectivity index (χ1n) is 7.34. The van der Waals surface area contributed by atoms with E-state index in [9.17, 15) is 4.79 Å². The van der Waals surface area contributed by atoms with E-state index in [4.69, 9.17) is 10.1 Å². The van der Waals surface area contributed by atoms with Gasteiger partial charge in [0.15, 0.2) is 0 Å². The Kier molecular flexibility index (Phi) is 6.71. The minimum absolute atomic E-state index is 0.230. The van der Waals surface area contributed by atoms with Crippen LogP contribution in [0.25, 0.3) is 0 Å². The third-order valence-electron chi connectivity index (χ3n) is 3.27. The number of piperazine rings is 1. The molecule has 1 rings (SSSR count). The Morgan fingerprint density at radius 3 is 2.14 bits per heavy atom. The van der Waals surface area contributed by atoms with E-state index in [-0.39, 0.29) is 6.09 Å². The number of ether oxygens (including phenoxy) is 1. The molecule has 0 bridgehead atoms. The molecule has 1 aliphatic heterocycles. The van der Waals surface area contributed by atoms with Crippen LogP contribution in [0.1, 0.15) is 40.5 Å². The van der Waals surface area contributed by atoms with Crippen LogP contribution >= 0.6 is 15.9 Å². The highest BCUT2D eigenvalue weighted by Gasteiger charge is 2.26. The highest BCUT2D eigenvalue weighted by molar-refractivity contribution is 9.18. The van der Waals surface area contributed by atoms with Gasteiger partial charge in [0.05, 0.1) is 4.62 Å². The Hall–Kier alpha value is -1.04. The van der Waals surface area contributed by atoms with E-state index >= 15 is 0 Å². The number of carbonyl (C=O) groups excluding carboxylic acids is 1. The van der Waals surface area contributed by atoms with Gasteiger partial charge in [0, 0.05) is 38.3 Å². The summed E-state index contributed by atoms with van der Waals surface area (Å²) in [6.07, 6.45) is 3.43. The minimum Gasteiger partial charge on any atom is -0.444 e. The second-order valence-electron chi connectivity index (χ2n) is 6.14. The van der Waals surface area contributed by atoms with Gasteiger partial charge in [-0.15, -0.1) is 0 Å². The van der Waals surface area contributed by atoms with Crippen molar-refractivity contribution in [1.82, 2.24) is 9.80 Å². The van der Waals surface area contributed by atoms with Crippen LogP contribution in [-0.4, -0.2) is 52.3 Å². The molecule has 1 amide bonds. The number of allylic oxidation sites excluding steroid dienone is 2. The monoisotopic (exact) mass is 359 g/mol. The van der Waals surface area contributed by atoms with Crippen LogP contribution in [0.3, 0.4) is 0 Å². The summed E-state index contributed by atoms with van der Waals surface area (Å²) in [5.74, 6) is 0. The summed E-state index contributed by atoms with van der Waals surface area (Å²) >= 11 is 3.18. The average molecular weight is 360 g/mol. The predicted octanol–water partition coefficient (Wildman–Crippen LogP) is 3.60. The topological polar surface area (TPSA) is 56.6 Å². The van der Waals surface area contributed by atoms with Gasteiger partial charge in [-0.05, 0) is 50.0 Å². The molecule has 1 heterocycles. The van der Waals surface area contributed by atoms with Crippen LogP contribution in [0.15, 0.2) is 11.8 Å². The molecule has 1 N–H and O–H groups in total. The maximum atomic E-state index is 12.0. The standard InChI is InChI=1S/C15H26BrN3O2/c1-5-12(6-7-13(16)17)18-8-10-19(11-9-18)14(20)21-15(2,3)4/h5,17H,6-11H2,1-4H3/b12-5+,17-13?. The van der Waals surface area contributed by atoms with Crippen LogP contribution in [-0.2, 0) is 4.74 Å². The number of halogens is 1. The fourth-order valence-corrected chi connectivity index (χ4v) is 2.42. The molecule has 0 aromatic heterocycles. The lowest BCUT2D eigenvalue weighted by atomic mass is 10.2. The Morgan fingerprint density at radius 1 is 1.19 bits per heavy atom. The lowest BCUT2D eigenvalue weighted by Gasteiger charge is -2.38. The van der Waals surface area contributed by atoms with Crippen molar-refractivity contribution >= 4 is 26.6 Å². The molecule has 0 unspecified atom stereocenters. The molecule has 5 nitrogen and oxygen atoms in total. The molecular formula is C15H26BrN3O2. The summed E-state index contributed by atoms with van der Waals surface area (Å²) in [5, 5.41) is 7.45. The molecule has 6 heteroatoms. The second kappa shape index (κ2) is 7.82. The number of carbonyl (C=O) groups is 1. The first-order valence-corrected chi connectivity index (χ1v) is 8.13. The predicted molar refractivity (Wildman–Crippen MR) is 89.0 cm³/mol. The van der Waals surface area contributed by atoms with E-state index in [1.807, 2.05) is 27.7 Å². The van der Waals surface area contributed by atoms with Crippen molar-refractivity contribution in [1.29, 1.82) is 5.41 Å². The zero-order valence-corrected chi connectivity index (χ0v) is 15.0. The van der Waals surface area contributed by atoms with Crippen LogP contribution in [0, 0.1) is 5.41 Å². The number of nitrogens with one attached hydrogen (secondary N) is 1. The summed E-state index contributed by atoms with van der Waals surface area (Å²) in [6.45, 7) is 10.7. The molecule has 1 saturated heterocycles. The Balaban J connectivity index is 2.47. The highest BCUT2D eigenvalue weighted by atomic mass is 79.9. The van der Waals surface area contributed by atoms with E-state index in [0.717, 1.165) is 19.5 Å². The summed E-state index contributed by atoms with van der Waals surface area (Å²) < 4.78 is 5.92. The molecule has 0 aromatic carbocycles. The fourth-order valence-electron chi connectivity index (χ4n) is 2.23. The molecule has 0 radical (unpaired) electrons. The number of nitrogens with zero attached hydrogens (tertiary/aromatic N) is 2. The Bertz CT molecular complexity index is 408. The molecule has 1 aliphatic rings. The van der Waals surface area contributed by atoms with Crippen LogP contribution in [0.2, 0.25) is 0 Å². The number of hydrogen-bond acceptors (Lipinski definition) is 4. The summed E-state index contributed by atoms with van der Waals surface area (Å²) in [7, 11) is 0. The van der Waals surface area contributed by atoms with Gasteiger partial charge < -0.3 is 14.5 Å². The lowest BCUT2D eigenvalue weighted by Crippen LogP contribution is -2.49. The largest absolute Gasteiger partial charge is 0.444 e. The third-order valence-corrected chi connectivity index (χ3v) is 3.67. The Labute approximate surface area is 136 Å². The van der Waals surface area contributed by atoms with Crippen LogP contribution in [0.4, 0.5) is 4.79 Å². The molecule has 1 fully saturated rings. The molecule has 0 atom stereocenters. The summed E-state index contributed by atoms with van der Waals surface area (Å²) in [6, 6.07) is 0. The normalized spacial score (nSPS) is 16.9. The van der Waals surface area contributed by atoms with E-state index in [2.05, 4.69) is 26.9 Å². The minimum atomic E-state index is -0.445. The van der Waals surface area contributed by atoms with Crippen LogP contribution in [0.5, 0.6) is 0 Å². The Morgan fingerprint density at radius 2 is 1.71 bits per heavy atom. The number of hydrogen-bond donors (Lipinski definition) is 1. The van der Waals surface area contributed by atoms with Crippen molar-refractivity contribution < 1.29 is 9.53 Å². The van der Waals surface area contributed by atoms with Crippen LogP contribution < -0.4 is 0 Å². The van der Waals surface area contributed by atoms with Crippen molar-refractivity contribution in [3.8, 4) is 0 Å². The fraction of sp³-hybridized carbons (Fsp3) is 0.733. The maximum Gasteiger partial charge on any atom is 0.410 e. The molecule has 21 heavy (non-hydrogen) atoms. The van der Waals surface area contributed by atoms with Crippen molar-refractivity contribution in [3.05, 3.63) is 11.8 Å². The van der Waals surface area contributed by atoms with Gasteiger partial charge in [0.2, 0.25) is 0 Å². The first kappa shape index (κ1) is 18.0. The number of amides is 1. The van der Waals surface area contributed by atoms with Gasteiger partial charge in [-0.2, -0.15) is 0 Å². The van der Waals surface area contributed by atoms with E-state index in [0.29, 0.717) is 24.1 Å². The molecule has 0 saturated carbocycles. The quantitative estimate of drug-likeness (QED) is 0.780. The molecule has 120 valence electrons. The van der Waals surface area contributed by atoms with E-state index in [1.165, 1.54) is 5.70 Å². The molecule has 0 aromatic rings. The zero-order valence-electron chi connectivity index (χ0n) is 13.4. The van der Waals surface area contributed by atoms with Gasteiger partial charge in [-0.1, -0.05) is 6.08 Å². The van der Waals surface area contributed by atoms with Gasteiger partial charge >= 0.3 is 6.09 Å². The SMILES string of the molecule is C/C=C(\CCC(=N)Br)N1CCN(C(=O)OC(C)(C)C)CC1. The number of rotatable bonds is 4.